The maximum atomic E-state index is 13.1. The van der Waals surface area contributed by atoms with Crippen LogP contribution in [0.2, 0.25) is 0 Å². The molecule has 1 aliphatic rings. The quantitative estimate of drug-likeness (QED) is 0.699. The first-order valence-electron chi connectivity index (χ1n) is 10.7. The molecule has 3 rings (SSSR count). The standard InChI is InChI=1S/C24H32FN3O3/c1-18(24(29)26-16-20-7-10-22(30-2)23(15-20)31-3)28-12-4-11-27(13-14-28)17-19-5-8-21(25)9-6-19/h5-10,15,18H,4,11-14,16-17H2,1-3H3,(H,26,29). The first-order chi connectivity index (χ1) is 15.0. The molecule has 0 radical (unpaired) electrons. The average Bonchev–Trinajstić information content (AvgIpc) is 3.03. The minimum absolute atomic E-state index is 0.0155. The normalized spacial score (nSPS) is 16.4. The van der Waals surface area contributed by atoms with Crippen molar-refractivity contribution in [2.75, 3.05) is 40.4 Å². The van der Waals surface area contributed by atoms with Gasteiger partial charge in [-0.1, -0.05) is 18.2 Å². The molecule has 0 saturated carbocycles. The van der Waals surface area contributed by atoms with Crippen molar-refractivity contribution < 1.29 is 18.7 Å². The second kappa shape index (κ2) is 11.1. The molecule has 2 aromatic rings. The summed E-state index contributed by atoms with van der Waals surface area (Å²) in [4.78, 5) is 17.3. The zero-order valence-electron chi connectivity index (χ0n) is 18.6. The Balaban J connectivity index is 1.49. The summed E-state index contributed by atoms with van der Waals surface area (Å²) in [6.07, 6.45) is 0.995. The number of methoxy groups -OCH3 is 2. The zero-order valence-corrected chi connectivity index (χ0v) is 18.6. The maximum absolute atomic E-state index is 13.1. The topological polar surface area (TPSA) is 54.0 Å². The molecule has 1 saturated heterocycles. The molecule has 1 aliphatic heterocycles. The van der Waals surface area contributed by atoms with Crippen LogP contribution in [0, 0.1) is 5.82 Å². The SMILES string of the molecule is COc1ccc(CNC(=O)C(C)N2CCCN(Cc3ccc(F)cc3)CC2)cc1OC. The number of benzene rings is 2. The van der Waals surface area contributed by atoms with Crippen molar-refractivity contribution in [2.24, 2.45) is 0 Å². The van der Waals surface area contributed by atoms with E-state index < -0.39 is 0 Å². The molecule has 2 aromatic carbocycles. The van der Waals surface area contributed by atoms with Crippen LogP contribution in [0.3, 0.4) is 0 Å². The van der Waals surface area contributed by atoms with Gasteiger partial charge in [-0.15, -0.1) is 0 Å². The number of hydrogen-bond acceptors (Lipinski definition) is 5. The summed E-state index contributed by atoms with van der Waals surface area (Å²) in [5, 5.41) is 3.04. The van der Waals surface area contributed by atoms with Crippen molar-refractivity contribution >= 4 is 5.91 Å². The van der Waals surface area contributed by atoms with Crippen LogP contribution < -0.4 is 14.8 Å². The van der Waals surface area contributed by atoms with Crippen LogP contribution in [-0.4, -0.2) is 62.1 Å². The maximum Gasteiger partial charge on any atom is 0.237 e. The predicted molar refractivity (Wildman–Crippen MR) is 119 cm³/mol. The third-order valence-corrected chi connectivity index (χ3v) is 5.78. The smallest absolute Gasteiger partial charge is 0.237 e. The Hall–Kier alpha value is -2.64. The van der Waals surface area contributed by atoms with Crippen LogP contribution in [-0.2, 0) is 17.9 Å². The Kier molecular flexibility index (Phi) is 8.26. The van der Waals surface area contributed by atoms with E-state index in [0.717, 1.165) is 50.3 Å². The minimum atomic E-state index is -0.210. The van der Waals surface area contributed by atoms with E-state index in [2.05, 4.69) is 15.1 Å². The molecular formula is C24H32FN3O3. The van der Waals surface area contributed by atoms with E-state index in [4.69, 9.17) is 9.47 Å². The highest BCUT2D eigenvalue weighted by molar-refractivity contribution is 5.81. The summed E-state index contributed by atoms with van der Waals surface area (Å²) in [7, 11) is 3.20. The van der Waals surface area contributed by atoms with E-state index in [1.54, 1.807) is 14.2 Å². The van der Waals surface area contributed by atoms with Gasteiger partial charge in [0.25, 0.3) is 0 Å². The molecule has 0 aromatic heterocycles. The van der Waals surface area contributed by atoms with E-state index in [0.29, 0.717) is 18.0 Å². The first kappa shape index (κ1) is 23.0. The van der Waals surface area contributed by atoms with E-state index >= 15 is 0 Å². The van der Waals surface area contributed by atoms with Gasteiger partial charge in [0.15, 0.2) is 11.5 Å². The molecule has 1 amide bonds. The lowest BCUT2D eigenvalue weighted by atomic mass is 10.2. The Morgan fingerprint density at radius 2 is 1.71 bits per heavy atom. The lowest BCUT2D eigenvalue weighted by molar-refractivity contribution is -0.126. The van der Waals surface area contributed by atoms with Crippen LogP contribution in [0.5, 0.6) is 11.5 Å². The molecule has 7 heteroatoms. The van der Waals surface area contributed by atoms with E-state index in [9.17, 15) is 9.18 Å². The van der Waals surface area contributed by atoms with Crippen molar-refractivity contribution in [2.45, 2.75) is 32.5 Å². The third-order valence-electron chi connectivity index (χ3n) is 5.78. The molecule has 1 fully saturated rings. The van der Waals surface area contributed by atoms with Crippen LogP contribution in [0.15, 0.2) is 42.5 Å². The van der Waals surface area contributed by atoms with Crippen LogP contribution in [0.25, 0.3) is 0 Å². The van der Waals surface area contributed by atoms with Gasteiger partial charge in [0.05, 0.1) is 20.3 Å². The Labute approximate surface area is 183 Å². The molecule has 1 heterocycles. The van der Waals surface area contributed by atoms with Gasteiger partial charge in [0.2, 0.25) is 5.91 Å². The van der Waals surface area contributed by atoms with Crippen molar-refractivity contribution in [1.29, 1.82) is 0 Å². The summed E-state index contributed by atoms with van der Waals surface area (Å²) in [5.74, 6) is 1.12. The van der Waals surface area contributed by atoms with Crippen LogP contribution >= 0.6 is 0 Å². The molecule has 0 bridgehead atoms. The molecule has 31 heavy (non-hydrogen) atoms. The number of halogens is 1. The molecule has 1 atom stereocenters. The van der Waals surface area contributed by atoms with E-state index in [-0.39, 0.29) is 17.8 Å². The van der Waals surface area contributed by atoms with Crippen molar-refractivity contribution in [3.05, 3.63) is 59.4 Å². The highest BCUT2D eigenvalue weighted by atomic mass is 19.1. The second-order valence-corrected chi connectivity index (χ2v) is 7.88. The summed E-state index contributed by atoms with van der Waals surface area (Å²) in [5.41, 5.74) is 2.06. The van der Waals surface area contributed by atoms with Gasteiger partial charge >= 0.3 is 0 Å². The summed E-state index contributed by atoms with van der Waals surface area (Å²) in [6, 6.07) is 12.1. The first-order valence-corrected chi connectivity index (χ1v) is 10.7. The molecule has 1 unspecified atom stereocenters. The summed E-state index contributed by atoms with van der Waals surface area (Å²) >= 11 is 0. The van der Waals surface area contributed by atoms with Crippen molar-refractivity contribution in [1.82, 2.24) is 15.1 Å². The lowest BCUT2D eigenvalue weighted by Crippen LogP contribution is -2.46. The van der Waals surface area contributed by atoms with Crippen LogP contribution in [0.1, 0.15) is 24.5 Å². The number of carbonyl (C=O) groups excluding carboxylic acids is 1. The van der Waals surface area contributed by atoms with E-state index in [1.807, 2.05) is 37.3 Å². The van der Waals surface area contributed by atoms with Gasteiger partial charge in [-0.3, -0.25) is 14.6 Å². The van der Waals surface area contributed by atoms with E-state index in [1.165, 1.54) is 12.1 Å². The number of ether oxygens (including phenoxy) is 2. The lowest BCUT2D eigenvalue weighted by Gasteiger charge is -2.27. The Morgan fingerprint density at radius 1 is 1.00 bits per heavy atom. The minimum Gasteiger partial charge on any atom is -0.493 e. The summed E-state index contributed by atoms with van der Waals surface area (Å²) in [6.45, 7) is 6.75. The summed E-state index contributed by atoms with van der Waals surface area (Å²) < 4.78 is 23.7. The Morgan fingerprint density at radius 3 is 2.42 bits per heavy atom. The predicted octanol–water partition coefficient (Wildman–Crippen LogP) is 3.06. The van der Waals surface area contributed by atoms with Gasteiger partial charge in [-0.25, -0.2) is 4.39 Å². The number of rotatable bonds is 8. The molecule has 0 aliphatic carbocycles. The van der Waals surface area contributed by atoms with Gasteiger partial charge in [0.1, 0.15) is 5.82 Å². The number of carbonyl (C=O) groups is 1. The number of hydrogen-bond donors (Lipinski definition) is 1. The third kappa shape index (κ3) is 6.42. The van der Waals surface area contributed by atoms with Gasteiger partial charge in [0, 0.05) is 32.7 Å². The van der Waals surface area contributed by atoms with Gasteiger partial charge < -0.3 is 14.8 Å². The molecule has 0 spiro atoms. The number of nitrogens with zero attached hydrogens (tertiary/aromatic N) is 2. The molecule has 168 valence electrons. The highest BCUT2D eigenvalue weighted by Gasteiger charge is 2.24. The monoisotopic (exact) mass is 429 g/mol. The fourth-order valence-electron chi connectivity index (χ4n) is 3.88. The van der Waals surface area contributed by atoms with Gasteiger partial charge in [-0.2, -0.15) is 0 Å². The number of nitrogens with one attached hydrogen (secondary N) is 1. The van der Waals surface area contributed by atoms with Crippen molar-refractivity contribution in [3.8, 4) is 11.5 Å². The van der Waals surface area contributed by atoms with Crippen molar-refractivity contribution in [3.63, 3.8) is 0 Å². The molecule has 1 N–H and O–H groups in total. The second-order valence-electron chi connectivity index (χ2n) is 7.88. The Bertz CT molecular complexity index is 860. The fourth-order valence-corrected chi connectivity index (χ4v) is 3.88. The zero-order chi connectivity index (χ0) is 22.2. The largest absolute Gasteiger partial charge is 0.493 e. The fraction of sp³-hybridized carbons (Fsp3) is 0.458. The molecule has 6 nitrogen and oxygen atoms in total. The highest BCUT2D eigenvalue weighted by Crippen LogP contribution is 2.27. The average molecular weight is 430 g/mol. The van der Waals surface area contributed by atoms with Gasteiger partial charge in [-0.05, 0) is 55.3 Å². The molecular weight excluding hydrogens is 397 g/mol. The van der Waals surface area contributed by atoms with Crippen LogP contribution in [0.4, 0.5) is 4.39 Å². The number of amides is 1.